The van der Waals surface area contributed by atoms with Crippen LogP contribution < -0.4 is 4.74 Å². The zero-order chi connectivity index (χ0) is 16.5. The van der Waals surface area contributed by atoms with Crippen molar-refractivity contribution in [1.29, 1.82) is 0 Å². The molecule has 0 aliphatic carbocycles. The molecule has 0 atom stereocenters. The van der Waals surface area contributed by atoms with E-state index in [2.05, 4.69) is 28.8 Å². The van der Waals surface area contributed by atoms with Crippen LogP contribution in [0.5, 0.6) is 5.75 Å². The van der Waals surface area contributed by atoms with Crippen molar-refractivity contribution in [3.8, 4) is 17.6 Å². The summed E-state index contributed by atoms with van der Waals surface area (Å²) in [5.41, 5.74) is 0.731. The zero-order valence-electron chi connectivity index (χ0n) is 14.2. The van der Waals surface area contributed by atoms with Crippen molar-refractivity contribution >= 4 is 0 Å². The molecule has 1 aliphatic heterocycles. The number of pyridine rings is 1. The summed E-state index contributed by atoms with van der Waals surface area (Å²) < 4.78 is 16.7. The molecule has 0 bridgehead atoms. The van der Waals surface area contributed by atoms with Crippen LogP contribution in [0.25, 0.3) is 0 Å². The highest BCUT2D eigenvalue weighted by Crippen LogP contribution is 2.09. The first-order chi connectivity index (χ1) is 11.1. The van der Waals surface area contributed by atoms with Gasteiger partial charge in [-0.2, -0.15) is 0 Å². The van der Waals surface area contributed by atoms with Gasteiger partial charge in [-0.15, -0.1) is 0 Å². The topological polar surface area (TPSA) is 43.8 Å². The molecule has 2 rings (SSSR count). The fourth-order valence-electron chi connectivity index (χ4n) is 2.14. The predicted octanol–water partition coefficient (Wildman–Crippen LogP) is 1.96. The van der Waals surface area contributed by atoms with Gasteiger partial charge in [-0.25, -0.2) is 4.98 Å². The minimum atomic E-state index is 0.267. The standard InChI is InChI=1S/C18H26N2O3/c1-15(2)21-10-5-11-22-17-8-7-16(19-12-17)6-4-9-23-18-13-20(3)14-18/h7-8,12,15,18H,5,9-11,13-14H2,1-3H3. The maximum Gasteiger partial charge on any atom is 0.137 e. The van der Waals surface area contributed by atoms with E-state index in [1.54, 1.807) is 6.20 Å². The lowest BCUT2D eigenvalue weighted by Gasteiger charge is -2.35. The molecule has 1 fully saturated rings. The van der Waals surface area contributed by atoms with Gasteiger partial charge >= 0.3 is 0 Å². The van der Waals surface area contributed by atoms with Gasteiger partial charge in [-0.05, 0) is 38.9 Å². The number of aromatic nitrogens is 1. The van der Waals surface area contributed by atoms with Gasteiger partial charge in [0.05, 0.1) is 31.6 Å². The van der Waals surface area contributed by atoms with Crippen molar-refractivity contribution in [2.45, 2.75) is 32.5 Å². The molecule has 1 aromatic rings. The molecule has 2 heterocycles. The Bertz CT molecular complexity index is 513. The minimum absolute atomic E-state index is 0.267. The van der Waals surface area contributed by atoms with E-state index in [0.717, 1.165) is 31.0 Å². The summed E-state index contributed by atoms with van der Waals surface area (Å²) >= 11 is 0. The van der Waals surface area contributed by atoms with Gasteiger partial charge < -0.3 is 19.1 Å². The quantitative estimate of drug-likeness (QED) is 0.541. The second kappa shape index (κ2) is 9.51. The molecule has 1 saturated heterocycles. The molecule has 0 radical (unpaired) electrons. The van der Waals surface area contributed by atoms with E-state index in [9.17, 15) is 0 Å². The fraction of sp³-hybridized carbons (Fsp3) is 0.611. The first-order valence-electron chi connectivity index (χ1n) is 8.13. The third-order valence-corrected chi connectivity index (χ3v) is 3.38. The van der Waals surface area contributed by atoms with Crippen LogP contribution in [0.2, 0.25) is 0 Å². The van der Waals surface area contributed by atoms with Crippen molar-refractivity contribution < 1.29 is 14.2 Å². The van der Waals surface area contributed by atoms with Crippen LogP contribution in [0.15, 0.2) is 18.3 Å². The third-order valence-electron chi connectivity index (χ3n) is 3.38. The summed E-state index contributed by atoms with van der Waals surface area (Å²) in [6.07, 6.45) is 3.17. The van der Waals surface area contributed by atoms with Crippen LogP contribution in [0.4, 0.5) is 0 Å². The molecular weight excluding hydrogens is 292 g/mol. The maximum absolute atomic E-state index is 5.61. The highest BCUT2D eigenvalue weighted by atomic mass is 16.5. The monoisotopic (exact) mass is 318 g/mol. The van der Waals surface area contributed by atoms with Crippen molar-refractivity contribution in [3.63, 3.8) is 0 Å². The Kier molecular flexibility index (Phi) is 7.34. The molecule has 5 nitrogen and oxygen atoms in total. The minimum Gasteiger partial charge on any atom is -0.492 e. The van der Waals surface area contributed by atoms with E-state index in [1.807, 2.05) is 26.0 Å². The first-order valence-corrected chi connectivity index (χ1v) is 8.13. The van der Waals surface area contributed by atoms with Gasteiger partial charge in [0.2, 0.25) is 0 Å². The van der Waals surface area contributed by atoms with E-state index < -0.39 is 0 Å². The van der Waals surface area contributed by atoms with Crippen LogP contribution in [0.3, 0.4) is 0 Å². The molecule has 126 valence electrons. The number of hydrogen-bond acceptors (Lipinski definition) is 5. The van der Waals surface area contributed by atoms with E-state index in [1.165, 1.54) is 0 Å². The van der Waals surface area contributed by atoms with E-state index in [-0.39, 0.29) is 6.10 Å². The number of likely N-dealkylation sites (N-methyl/N-ethyl adjacent to an activating group) is 1. The van der Waals surface area contributed by atoms with Crippen LogP contribution in [0, 0.1) is 11.8 Å². The first kappa shape index (κ1) is 17.7. The highest BCUT2D eigenvalue weighted by Gasteiger charge is 2.22. The number of nitrogens with zero attached hydrogens (tertiary/aromatic N) is 2. The normalized spacial score (nSPS) is 15.1. The average Bonchev–Trinajstić information content (AvgIpc) is 2.50. The number of hydrogen-bond donors (Lipinski definition) is 0. The molecule has 0 N–H and O–H groups in total. The molecular formula is C18H26N2O3. The SMILES string of the molecule is CC(C)OCCCOc1ccc(C#CCOC2CN(C)C2)nc1. The second-order valence-electron chi connectivity index (χ2n) is 5.96. The van der Waals surface area contributed by atoms with Gasteiger partial charge in [0.1, 0.15) is 18.1 Å². The summed E-state index contributed by atoms with van der Waals surface area (Å²) in [5, 5.41) is 0. The van der Waals surface area contributed by atoms with Crippen molar-refractivity contribution in [2.75, 3.05) is 40.0 Å². The second-order valence-corrected chi connectivity index (χ2v) is 5.96. The van der Waals surface area contributed by atoms with Gasteiger partial charge in [0.15, 0.2) is 0 Å². The third kappa shape index (κ3) is 7.00. The Morgan fingerprint density at radius 2 is 2.13 bits per heavy atom. The molecule has 0 saturated carbocycles. The van der Waals surface area contributed by atoms with Crippen LogP contribution >= 0.6 is 0 Å². The van der Waals surface area contributed by atoms with E-state index in [4.69, 9.17) is 14.2 Å². The Morgan fingerprint density at radius 1 is 1.30 bits per heavy atom. The lowest BCUT2D eigenvalue weighted by atomic mass is 10.2. The fourth-order valence-corrected chi connectivity index (χ4v) is 2.14. The summed E-state index contributed by atoms with van der Waals surface area (Å²) in [6, 6.07) is 3.76. The lowest BCUT2D eigenvalue weighted by molar-refractivity contribution is -0.0294. The Hall–Kier alpha value is -1.61. The predicted molar refractivity (Wildman–Crippen MR) is 89.6 cm³/mol. The van der Waals surface area contributed by atoms with Gasteiger partial charge in [0, 0.05) is 19.5 Å². The molecule has 23 heavy (non-hydrogen) atoms. The number of likely N-dealkylation sites (tertiary alicyclic amines) is 1. The van der Waals surface area contributed by atoms with Crippen LogP contribution in [-0.4, -0.2) is 62.0 Å². The summed E-state index contributed by atoms with van der Waals surface area (Å²) in [7, 11) is 2.08. The number of rotatable bonds is 8. The summed E-state index contributed by atoms with van der Waals surface area (Å²) in [4.78, 5) is 6.49. The average molecular weight is 318 g/mol. The number of ether oxygens (including phenoxy) is 3. The summed E-state index contributed by atoms with van der Waals surface area (Å²) in [6.45, 7) is 7.84. The lowest BCUT2D eigenvalue weighted by Crippen LogP contribution is -2.49. The molecule has 5 heteroatoms. The molecule has 1 aromatic heterocycles. The van der Waals surface area contributed by atoms with Crippen molar-refractivity contribution in [1.82, 2.24) is 9.88 Å². The van der Waals surface area contributed by atoms with Crippen LogP contribution in [0.1, 0.15) is 26.0 Å². The Balaban J connectivity index is 1.62. The maximum atomic E-state index is 5.61. The Morgan fingerprint density at radius 3 is 2.78 bits per heavy atom. The van der Waals surface area contributed by atoms with E-state index >= 15 is 0 Å². The smallest absolute Gasteiger partial charge is 0.137 e. The molecule has 1 aliphatic rings. The summed E-state index contributed by atoms with van der Waals surface area (Å²) in [5.74, 6) is 6.75. The largest absolute Gasteiger partial charge is 0.492 e. The molecule has 0 unspecified atom stereocenters. The Labute approximate surface area is 138 Å². The molecule has 0 aromatic carbocycles. The van der Waals surface area contributed by atoms with Gasteiger partial charge in [-0.1, -0.05) is 5.92 Å². The van der Waals surface area contributed by atoms with Crippen LogP contribution in [-0.2, 0) is 9.47 Å². The molecule has 0 spiro atoms. The zero-order valence-corrected chi connectivity index (χ0v) is 14.2. The van der Waals surface area contributed by atoms with E-state index in [0.29, 0.717) is 25.9 Å². The van der Waals surface area contributed by atoms with Crippen molar-refractivity contribution in [2.24, 2.45) is 0 Å². The highest BCUT2D eigenvalue weighted by molar-refractivity contribution is 5.31. The van der Waals surface area contributed by atoms with Crippen molar-refractivity contribution in [3.05, 3.63) is 24.0 Å². The van der Waals surface area contributed by atoms with Gasteiger partial charge in [-0.3, -0.25) is 0 Å². The molecule has 0 amide bonds. The van der Waals surface area contributed by atoms with Gasteiger partial charge in [0.25, 0.3) is 0 Å².